The van der Waals surface area contributed by atoms with Gasteiger partial charge in [0.2, 0.25) is 0 Å². The Hall–Kier alpha value is -3.35. The Morgan fingerprint density at radius 3 is 2.79 bits per heavy atom. The number of hydrogen-bond donors (Lipinski definition) is 2. The van der Waals surface area contributed by atoms with Gasteiger partial charge in [-0.05, 0) is 54.8 Å². The number of nitrogens with one attached hydrogen (secondary N) is 2. The van der Waals surface area contributed by atoms with Crippen LogP contribution in [-0.4, -0.2) is 53.0 Å². The summed E-state index contributed by atoms with van der Waals surface area (Å²) in [5.41, 5.74) is 3.61. The molecule has 7 nitrogen and oxygen atoms in total. The number of amides is 3. The zero-order valence-corrected chi connectivity index (χ0v) is 16.1. The Morgan fingerprint density at radius 1 is 1.14 bits per heavy atom. The van der Waals surface area contributed by atoms with Crippen molar-refractivity contribution >= 4 is 28.7 Å². The summed E-state index contributed by atoms with van der Waals surface area (Å²) in [6.07, 6.45) is 5.87. The van der Waals surface area contributed by atoms with Crippen molar-refractivity contribution in [2.24, 2.45) is 0 Å². The van der Waals surface area contributed by atoms with E-state index in [1.807, 2.05) is 41.4 Å². The highest BCUT2D eigenvalue weighted by molar-refractivity contribution is 5.97. The number of anilines is 1. The van der Waals surface area contributed by atoms with E-state index in [-0.39, 0.29) is 11.9 Å². The second-order valence-electron chi connectivity index (χ2n) is 7.66. The van der Waals surface area contributed by atoms with Gasteiger partial charge < -0.3 is 15.2 Å². The lowest BCUT2D eigenvalue weighted by Crippen LogP contribution is -2.39. The first-order valence-corrected chi connectivity index (χ1v) is 10.1. The number of carbonyl (C=O) groups is 2. The van der Waals surface area contributed by atoms with Crippen molar-refractivity contribution < 1.29 is 9.59 Å². The first-order chi connectivity index (χ1) is 14.2. The number of fused-ring (bicyclic) bond motifs is 1. The van der Waals surface area contributed by atoms with Gasteiger partial charge in [0.1, 0.15) is 5.65 Å². The summed E-state index contributed by atoms with van der Waals surface area (Å²) < 4.78 is 0. The summed E-state index contributed by atoms with van der Waals surface area (Å²) in [7, 11) is 0. The van der Waals surface area contributed by atoms with Gasteiger partial charge in [-0.1, -0.05) is 0 Å². The Balaban J connectivity index is 1.32. The normalized spacial score (nSPS) is 19.6. The number of hydrogen-bond acceptors (Lipinski definition) is 3. The number of rotatable bonds is 3. The molecule has 0 aliphatic carbocycles. The van der Waals surface area contributed by atoms with Gasteiger partial charge in [-0.25, -0.2) is 9.78 Å². The highest BCUT2D eigenvalue weighted by Crippen LogP contribution is 2.32. The molecule has 0 radical (unpaired) electrons. The highest BCUT2D eigenvalue weighted by atomic mass is 16.2. The molecule has 2 aliphatic rings. The summed E-state index contributed by atoms with van der Waals surface area (Å²) in [6.45, 7) is 2.78. The van der Waals surface area contributed by atoms with Crippen LogP contribution in [0.3, 0.4) is 0 Å². The molecular formula is C22H23N5O2. The number of carbonyl (C=O) groups excluding carboxylic acids is 2. The van der Waals surface area contributed by atoms with E-state index in [4.69, 9.17) is 0 Å². The molecule has 2 aliphatic heterocycles. The largest absolute Gasteiger partial charge is 0.346 e. The van der Waals surface area contributed by atoms with Crippen LogP contribution in [0.15, 0.2) is 48.8 Å². The fraction of sp³-hybridized carbons (Fsp3) is 0.318. The van der Waals surface area contributed by atoms with Crippen LogP contribution in [0.5, 0.6) is 0 Å². The molecule has 2 fully saturated rings. The van der Waals surface area contributed by atoms with Gasteiger partial charge in [0.05, 0.1) is 0 Å². The Labute approximate surface area is 168 Å². The molecule has 1 aromatic carbocycles. The SMILES string of the molecule is O=C(c1ccc(N2CCNC2=O)cc1)N1CCCC(c2c[nH]c3ncccc23)C1. The predicted molar refractivity (Wildman–Crippen MR) is 111 cm³/mol. The lowest BCUT2D eigenvalue weighted by Gasteiger charge is -2.33. The van der Waals surface area contributed by atoms with E-state index >= 15 is 0 Å². The molecular weight excluding hydrogens is 366 g/mol. The maximum absolute atomic E-state index is 13.1. The van der Waals surface area contributed by atoms with Crippen LogP contribution in [0, 0.1) is 0 Å². The van der Waals surface area contributed by atoms with Crippen molar-refractivity contribution in [1.82, 2.24) is 20.2 Å². The topological polar surface area (TPSA) is 81.3 Å². The molecule has 7 heteroatoms. The number of H-pyrrole nitrogens is 1. The van der Waals surface area contributed by atoms with Gasteiger partial charge in [0.25, 0.3) is 5.91 Å². The Kier molecular flexibility index (Phi) is 4.42. The van der Waals surface area contributed by atoms with Crippen LogP contribution in [0.2, 0.25) is 0 Å². The number of piperidine rings is 1. The summed E-state index contributed by atoms with van der Waals surface area (Å²) in [6, 6.07) is 11.3. The molecule has 148 valence electrons. The summed E-state index contributed by atoms with van der Waals surface area (Å²) in [5.74, 6) is 0.350. The van der Waals surface area contributed by atoms with E-state index < -0.39 is 0 Å². The molecule has 2 N–H and O–H groups in total. The van der Waals surface area contributed by atoms with Crippen LogP contribution in [-0.2, 0) is 0 Å². The van der Waals surface area contributed by atoms with E-state index in [1.54, 1.807) is 11.1 Å². The van der Waals surface area contributed by atoms with Crippen molar-refractivity contribution in [2.75, 3.05) is 31.1 Å². The predicted octanol–water partition coefficient (Wildman–Crippen LogP) is 3.11. The monoisotopic (exact) mass is 389 g/mol. The van der Waals surface area contributed by atoms with E-state index in [0.717, 1.165) is 36.1 Å². The van der Waals surface area contributed by atoms with Crippen molar-refractivity contribution in [2.45, 2.75) is 18.8 Å². The number of benzene rings is 1. The number of likely N-dealkylation sites (tertiary alicyclic amines) is 1. The molecule has 29 heavy (non-hydrogen) atoms. The first-order valence-electron chi connectivity index (χ1n) is 10.1. The molecule has 0 saturated carbocycles. The van der Waals surface area contributed by atoms with E-state index in [0.29, 0.717) is 31.1 Å². The molecule has 5 rings (SSSR count). The third-order valence-corrected chi connectivity index (χ3v) is 5.91. The van der Waals surface area contributed by atoms with Gasteiger partial charge >= 0.3 is 6.03 Å². The molecule has 1 unspecified atom stereocenters. The lowest BCUT2D eigenvalue weighted by molar-refractivity contribution is 0.0707. The Morgan fingerprint density at radius 2 is 2.00 bits per heavy atom. The fourth-order valence-corrected chi connectivity index (χ4v) is 4.41. The van der Waals surface area contributed by atoms with Gasteiger partial charge in [-0.2, -0.15) is 0 Å². The van der Waals surface area contributed by atoms with Gasteiger partial charge in [0.15, 0.2) is 0 Å². The number of aromatic amines is 1. The van der Waals surface area contributed by atoms with Crippen LogP contribution in [0.4, 0.5) is 10.5 Å². The van der Waals surface area contributed by atoms with E-state index in [2.05, 4.69) is 21.4 Å². The van der Waals surface area contributed by atoms with E-state index in [1.165, 1.54) is 5.56 Å². The molecule has 0 bridgehead atoms. The average molecular weight is 389 g/mol. The van der Waals surface area contributed by atoms with Crippen LogP contribution in [0.25, 0.3) is 11.0 Å². The van der Waals surface area contributed by atoms with Crippen LogP contribution in [0.1, 0.15) is 34.7 Å². The number of urea groups is 1. The highest BCUT2D eigenvalue weighted by Gasteiger charge is 2.27. The zero-order valence-electron chi connectivity index (χ0n) is 16.1. The zero-order chi connectivity index (χ0) is 19.8. The van der Waals surface area contributed by atoms with Crippen LogP contribution < -0.4 is 10.2 Å². The van der Waals surface area contributed by atoms with Crippen molar-refractivity contribution in [3.05, 3.63) is 59.9 Å². The maximum atomic E-state index is 13.1. The summed E-state index contributed by atoms with van der Waals surface area (Å²) in [5, 5.41) is 3.93. The minimum absolute atomic E-state index is 0.0464. The first kappa shape index (κ1) is 17.7. The second kappa shape index (κ2) is 7.24. The van der Waals surface area contributed by atoms with Crippen molar-refractivity contribution in [3.8, 4) is 0 Å². The molecule has 2 aromatic heterocycles. The van der Waals surface area contributed by atoms with Gasteiger partial charge in [-0.3, -0.25) is 9.69 Å². The summed E-state index contributed by atoms with van der Waals surface area (Å²) >= 11 is 0. The Bertz CT molecular complexity index is 1060. The summed E-state index contributed by atoms with van der Waals surface area (Å²) in [4.78, 5) is 36.2. The van der Waals surface area contributed by atoms with Crippen molar-refractivity contribution in [1.29, 1.82) is 0 Å². The van der Waals surface area contributed by atoms with Crippen molar-refractivity contribution in [3.63, 3.8) is 0 Å². The number of pyridine rings is 1. The molecule has 0 spiro atoms. The molecule has 3 amide bonds. The quantitative estimate of drug-likeness (QED) is 0.722. The van der Waals surface area contributed by atoms with Gasteiger partial charge in [-0.15, -0.1) is 0 Å². The minimum Gasteiger partial charge on any atom is -0.346 e. The van der Waals surface area contributed by atoms with Crippen LogP contribution >= 0.6 is 0 Å². The number of nitrogens with zero attached hydrogens (tertiary/aromatic N) is 3. The minimum atomic E-state index is -0.0869. The molecule has 1 atom stereocenters. The lowest BCUT2D eigenvalue weighted by atomic mass is 9.90. The molecule has 3 aromatic rings. The smallest absolute Gasteiger partial charge is 0.321 e. The third-order valence-electron chi connectivity index (χ3n) is 5.91. The molecule has 4 heterocycles. The standard InChI is InChI=1S/C22H23N5O2/c28-21(15-5-7-17(8-6-15)27-12-10-24-22(27)29)26-11-2-3-16(14-26)19-13-25-20-18(19)4-1-9-23-20/h1,4-9,13,16H,2-3,10-12,14H2,(H,23,25)(H,24,29). The number of aromatic nitrogens is 2. The van der Waals surface area contributed by atoms with E-state index in [9.17, 15) is 9.59 Å². The van der Waals surface area contributed by atoms with Gasteiger partial charge in [0, 0.05) is 61.1 Å². The fourth-order valence-electron chi connectivity index (χ4n) is 4.41. The molecule has 2 saturated heterocycles. The maximum Gasteiger partial charge on any atom is 0.321 e. The second-order valence-corrected chi connectivity index (χ2v) is 7.66. The third kappa shape index (κ3) is 3.22. The average Bonchev–Trinajstić information content (AvgIpc) is 3.40.